The van der Waals surface area contributed by atoms with E-state index in [1.807, 2.05) is 0 Å². The van der Waals surface area contributed by atoms with Crippen LogP contribution in [-0.4, -0.2) is 64.7 Å². The molecule has 0 radical (unpaired) electrons. The summed E-state index contributed by atoms with van der Waals surface area (Å²) in [4.78, 5) is 48.3. The number of H-pyrrole nitrogens is 1. The van der Waals surface area contributed by atoms with Gasteiger partial charge >= 0.3 is 0 Å². The number of hydrogen-bond acceptors (Lipinski definition) is 4. The number of imidazole rings is 1. The molecule has 3 aliphatic rings. The number of nitrogens with zero attached hydrogens (tertiary/aromatic N) is 3. The second-order valence-electron chi connectivity index (χ2n) is 9.76. The zero-order chi connectivity index (χ0) is 25.6. The van der Waals surface area contributed by atoms with Gasteiger partial charge < -0.3 is 20.1 Å². The van der Waals surface area contributed by atoms with E-state index < -0.39 is 35.4 Å². The summed E-state index contributed by atoms with van der Waals surface area (Å²) >= 11 is 6.17. The van der Waals surface area contributed by atoms with Crippen molar-refractivity contribution in [2.75, 3.05) is 24.5 Å². The van der Waals surface area contributed by atoms with E-state index >= 15 is 0 Å². The lowest BCUT2D eigenvalue weighted by Gasteiger charge is -2.38. The predicted octanol–water partition coefficient (Wildman–Crippen LogP) is 3.64. The van der Waals surface area contributed by atoms with E-state index in [-0.39, 0.29) is 41.4 Å². The number of rotatable bonds is 5. The van der Waals surface area contributed by atoms with Crippen molar-refractivity contribution in [3.05, 3.63) is 46.8 Å². The third-order valence-corrected chi connectivity index (χ3v) is 7.92. The van der Waals surface area contributed by atoms with E-state index in [1.165, 1.54) is 29.4 Å². The van der Waals surface area contributed by atoms with Crippen molar-refractivity contribution in [2.45, 2.75) is 44.6 Å². The van der Waals surface area contributed by atoms with Crippen molar-refractivity contribution in [1.29, 1.82) is 0 Å². The largest absolute Gasteiger partial charge is 0.348 e. The van der Waals surface area contributed by atoms with Gasteiger partial charge in [0, 0.05) is 25.7 Å². The maximum absolute atomic E-state index is 13.4. The zero-order valence-electron chi connectivity index (χ0n) is 19.3. The molecule has 2 saturated heterocycles. The van der Waals surface area contributed by atoms with Crippen LogP contribution < -0.4 is 10.2 Å². The Morgan fingerprint density at radius 1 is 1.19 bits per heavy atom. The highest BCUT2D eigenvalue weighted by Crippen LogP contribution is 2.47. The highest BCUT2D eigenvalue weighted by molar-refractivity contribution is 6.34. The van der Waals surface area contributed by atoms with E-state index in [0.717, 1.165) is 0 Å². The van der Waals surface area contributed by atoms with Crippen molar-refractivity contribution >= 4 is 35.0 Å². The molecule has 3 heterocycles. The monoisotopic (exact) mass is 523 g/mol. The van der Waals surface area contributed by atoms with Crippen LogP contribution in [0.15, 0.2) is 24.5 Å². The van der Waals surface area contributed by atoms with Gasteiger partial charge in [-0.15, -0.1) is 0 Å². The molecule has 192 valence electrons. The van der Waals surface area contributed by atoms with Crippen LogP contribution in [0.25, 0.3) is 0 Å². The molecule has 0 unspecified atom stereocenters. The van der Waals surface area contributed by atoms with E-state index in [0.29, 0.717) is 44.3 Å². The molecule has 1 saturated carbocycles. The van der Waals surface area contributed by atoms with Crippen LogP contribution in [0.5, 0.6) is 0 Å². The minimum absolute atomic E-state index is 0.00477. The van der Waals surface area contributed by atoms with Gasteiger partial charge in [0.25, 0.3) is 11.8 Å². The van der Waals surface area contributed by atoms with Crippen molar-refractivity contribution in [3.63, 3.8) is 0 Å². The quantitative estimate of drug-likeness (QED) is 0.625. The number of nitrogens with one attached hydrogen (secondary N) is 2. The van der Waals surface area contributed by atoms with E-state index in [1.54, 1.807) is 4.90 Å². The molecule has 0 atom stereocenters. The summed E-state index contributed by atoms with van der Waals surface area (Å²) in [6.07, 6.45) is 1.68. The molecule has 2 aliphatic heterocycles. The minimum Gasteiger partial charge on any atom is -0.348 e. The number of benzene rings is 1. The Bertz CT molecular complexity index is 1190. The van der Waals surface area contributed by atoms with Gasteiger partial charge in [0.15, 0.2) is 5.69 Å². The van der Waals surface area contributed by atoms with E-state index in [4.69, 9.17) is 11.6 Å². The molecule has 5 rings (SSSR count). The lowest BCUT2D eigenvalue weighted by atomic mass is 9.71. The Morgan fingerprint density at radius 2 is 1.92 bits per heavy atom. The number of likely N-dealkylation sites (tertiary alicyclic amines) is 1. The SMILES string of the molecule is O=C(N[C@H]1CC[C@@]2(CCN(c3ccc(F)cc3Cl)C2=O)CC1)c1[nH]cnc1C(=O)N1CC(C(F)F)C1. The lowest BCUT2D eigenvalue weighted by Crippen LogP contribution is -2.53. The van der Waals surface area contributed by atoms with Crippen molar-refractivity contribution < 1.29 is 27.6 Å². The molecule has 1 spiro atoms. The Balaban J connectivity index is 1.18. The van der Waals surface area contributed by atoms with Crippen molar-refractivity contribution in [2.24, 2.45) is 11.3 Å². The van der Waals surface area contributed by atoms with Gasteiger partial charge in [0.1, 0.15) is 11.5 Å². The molecule has 12 heteroatoms. The summed E-state index contributed by atoms with van der Waals surface area (Å²) in [6, 6.07) is 3.78. The summed E-state index contributed by atoms with van der Waals surface area (Å²) in [5.41, 5.74) is -0.152. The molecule has 36 heavy (non-hydrogen) atoms. The van der Waals surface area contributed by atoms with Crippen LogP contribution >= 0.6 is 11.6 Å². The number of alkyl halides is 2. The highest BCUT2D eigenvalue weighted by atomic mass is 35.5. The highest BCUT2D eigenvalue weighted by Gasteiger charge is 2.49. The standard InChI is InChI=1S/C24H25ClF3N5O3/c25-16-9-14(26)1-2-17(16)33-8-7-24(23(33)36)5-3-15(4-6-24)31-21(34)18-19(30-12-29-18)22(35)32-10-13(11-32)20(27)28/h1-2,9,12-13,15,20H,3-8,10-11H2,(H,29,30)(H,31,34)/t15-,24-. The fourth-order valence-corrected chi connectivity index (χ4v) is 5.67. The number of carbonyl (C=O) groups excluding carboxylic acids is 3. The fraction of sp³-hybridized carbons (Fsp3) is 0.500. The normalized spacial score (nSPS) is 24.5. The lowest BCUT2D eigenvalue weighted by molar-refractivity contribution is -0.127. The van der Waals surface area contributed by atoms with E-state index in [9.17, 15) is 27.6 Å². The average molecular weight is 524 g/mol. The van der Waals surface area contributed by atoms with Crippen LogP contribution in [0, 0.1) is 17.2 Å². The molecule has 1 aliphatic carbocycles. The van der Waals surface area contributed by atoms with Gasteiger partial charge in [-0.3, -0.25) is 14.4 Å². The van der Waals surface area contributed by atoms with Gasteiger partial charge in [0.2, 0.25) is 12.3 Å². The number of halogens is 4. The fourth-order valence-electron chi connectivity index (χ4n) is 5.40. The van der Waals surface area contributed by atoms with Gasteiger partial charge in [0.05, 0.1) is 28.4 Å². The molecule has 0 bridgehead atoms. The second kappa shape index (κ2) is 9.42. The molecule has 2 aromatic rings. The van der Waals surface area contributed by atoms with Gasteiger partial charge in [-0.1, -0.05) is 11.6 Å². The first-order valence-electron chi connectivity index (χ1n) is 11.9. The topological polar surface area (TPSA) is 98.4 Å². The molecular weight excluding hydrogens is 499 g/mol. The number of anilines is 1. The molecule has 3 fully saturated rings. The third kappa shape index (κ3) is 4.33. The molecule has 3 amide bonds. The average Bonchev–Trinajstić information content (AvgIpc) is 3.41. The maximum atomic E-state index is 13.4. The zero-order valence-corrected chi connectivity index (χ0v) is 20.0. The Morgan fingerprint density at radius 3 is 2.58 bits per heavy atom. The Labute approximate surface area is 210 Å². The minimum atomic E-state index is -2.49. The van der Waals surface area contributed by atoms with Gasteiger partial charge in [-0.25, -0.2) is 18.2 Å². The Kier molecular flexibility index (Phi) is 6.44. The van der Waals surface area contributed by atoms with Gasteiger partial charge in [-0.05, 0) is 50.3 Å². The Hall–Kier alpha value is -3.08. The maximum Gasteiger partial charge on any atom is 0.274 e. The van der Waals surface area contributed by atoms with Crippen molar-refractivity contribution in [3.8, 4) is 0 Å². The van der Waals surface area contributed by atoms with Crippen LogP contribution in [0.1, 0.15) is 53.1 Å². The van der Waals surface area contributed by atoms with Crippen molar-refractivity contribution in [1.82, 2.24) is 20.2 Å². The third-order valence-electron chi connectivity index (χ3n) is 7.61. The summed E-state index contributed by atoms with van der Waals surface area (Å²) in [7, 11) is 0. The summed E-state index contributed by atoms with van der Waals surface area (Å²) < 4.78 is 38.9. The first-order chi connectivity index (χ1) is 17.2. The summed E-state index contributed by atoms with van der Waals surface area (Å²) in [5.74, 6) is -2.42. The van der Waals surface area contributed by atoms with Crippen LogP contribution in [0.3, 0.4) is 0 Å². The number of aromatic amines is 1. The molecular formula is C24H25ClF3N5O3. The molecule has 1 aromatic carbocycles. The summed E-state index contributed by atoms with van der Waals surface area (Å²) in [5, 5.41) is 3.10. The second-order valence-corrected chi connectivity index (χ2v) is 10.2. The first kappa shape index (κ1) is 24.6. The van der Waals surface area contributed by atoms with Crippen LogP contribution in [0.4, 0.5) is 18.9 Å². The van der Waals surface area contributed by atoms with E-state index in [2.05, 4.69) is 15.3 Å². The summed E-state index contributed by atoms with van der Waals surface area (Å²) in [6.45, 7) is 0.357. The number of aromatic nitrogens is 2. The van der Waals surface area contributed by atoms with Gasteiger partial charge in [-0.2, -0.15) is 0 Å². The molecule has 1 aromatic heterocycles. The number of amides is 3. The molecule has 2 N–H and O–H groups in total. The smallest absolute Gasteiger partial charge is 0.274 e. The van der Waals surface area contributed by atoms with Crippen LogP contribution in [0.2, 0.25) is 5.02 Å². The number of carbonyl (C=O) groups is 3. The van der Waals surface area contributed by atoms with Crippen LogP contribution in [-0.2, 0) is 4.79 Å². The number of hydrogen-bond donors (Lipinski definition) is 2. The molecule has 8 nitrogen and oxygen atoms in total. The predicted molar refractivity (Wildman–Crippen MR) is 125 cm³/mol. The first-order valence-corrected chi connectivity index (χ1v) is 12.2.